The van der Waals surface area contributed by atoms with Crippen molar-refractivity contribution in [2.45, 2.75) is 26.9 Å². The summed E-state index contributed by atoms with van der Waals surface area (Å²) in [5, 5.41) is 13.1. The van der Waals surface area contributed by atoms with Gasteiger partial charge in [0.25, 0.3) is 0 Å². The van der Waals surface area contributed by atoms with Crippen molar-refractivity contribution in [1.29, 1.82) is 0 Å². The van der Waals surface area contributed by atoms with Gasteiger partial charge in [0.05, 0.1) is 23.7 Å². The van der Waals surface area contributed by atoms with E-state index in [9.17, 15) is 4.79 Å². The summed E-state index contributed by atoms with van der Waals surface area (Å²) in [5.74, 6) is -0.189. The van der Waals surface area contributed by atoms with E-state index in [1.165, 1.54) is 6.20 Å². The molecule has 2 aromatic rings. The van der Waals surface area contributed by atoms with Crippen molar-refractivity contribution in [2.75, 3.05) is 0 Å². The second-order valence-corrected chi connectivity index (χ2v) is 4.52. The Labute approximate surface area is 111 Å². The molecular weight excluding hydrogens is 244 g/mol. The first kappa shape index (κ1) is 13.1. The number of aromatic nitrogens is 2. The number of hydrogen-bond acceptors (Lipinski definition) is 3. The number of benzene rings is 1. The summed E-state index contributed by atoms with van der Waals surface area (Å²) in [6.45, 7) is 5.66. The Kier molecular flexibility index (Phi) is 3.55. The summed E-state index contributed by atoms with van der Waals surface area (Å²) in [7, 11) is 0. The molecule has 1 N–H and O–H groups in total. The third-order valence-corrected chi connectivity index (χ3v) is 2.69. The maximum atomic E-state index is 11.0. The summed E-state index contributed by atoms with van der Waals surface area (Å²) < 4.78 is 7.15. The predicted molar refractivity (Wildman–Crippen MR) is 71.0 cm³/mol. The molecule has 100 valence electrons. The summed E-state index contributed by atoms with van der Waals surface area (Å²) in [4.78, 5) is 11.0. The van der Waals surface area contributed by atoms with Crippen molar-refractivity contribution in [3.8, 4) is 11.4 Å². The lowest BCUT2D eigenvalue weighted by Crippen LogP contribution is -2.06. The van der Waals surface area contributed by atoms with Gasteiger partial charge in [0.2, 0.25) is 0 Å². The van der Waals surface area contributed by atoms with E-state index in [4.69, 9.17) is 9.84 Å². The first-order valence-corrected chi connectivity index (χ1v) is 6.04. The van der Waals surface area contributed by atoms with Crippen LogP contribution < -0.4 is 4.74 Å². The van der Waals surface area contributed by atoms with Gasteiger partial charge in [0.1, 0.15) is 11.3 Å². The van der Waals surface area contributed by atoms with E-state index in [1.807, 2.05) is 38.1 Å². The first-order chi connectivity index (χ1) is 8.99. The van der Waals surface area contributed by atoms with Gasteiger partial charge < -0.3 is 9.84 Å². The van der Waals surface area contributed by atoms with Gasteiger partial charge in [-0.15, -0.1) is 0 Å². The van der Waals surface area contributed by atoms with Crippen LogP contribution in [0.15, 0.2) is 30.5 Å². The topological polar surface area (TPSA) is 64.3 Å². The van der Waals surface area contributed by atoms with E-state index in [0.29, 0.717) is 5.69 Å². The lowest BCUT2D eigenvalue weighted by atomic mass is 10.2. The molecule has 0 saturated carbocycles. The molecule has 0 bridgehead atoms. The van der Waals surface area contributed by atoms with Gasteiger partial charge in [0.15, 0.2) is 0 Å². The van der Waals surface area contributed by atoms with E-state index in [0.717, 1.165) is 11.4 Å². The molecule has 0 unspecified atom stereocenters. The van der Waals surface area contributed by atoms with E-state index < -0.39 is 5.97 Å². The molecule has 2 rings (SSSR count). The zero-order valence-corrected chi connectivity index (χ0v) is 11.1. The van der Waals surface area contributed by atoms with Crippen LogP contribution >= 0.6 is 0 Å². The van der Waals surface area contributed by atoms with E-state index in [2.05, 4.69) is 5.10 Å². The van der Waals surface area contributed by atoms with Gasteiger partial charge in [-0.1, -0.05) is 0 Å². The average Bonchev–Trinajstić information content (AvgIpc) is 2.71. The number of hydrogen-bond donors (Lipinski definition) is 1. The molecule has 0 aliphatic heterocycles. The number of carboxylic acids is 1. The first-order valence-electron chi connectivity index (χ1n) is 6.04. The monoisotopic (exact) mass is 260 g/mol. The summed E-state index contributed by atoms with van der Waals surface area (Å²) in [5.41, 5.74) is 1.62. The molecule has 0 fully saturated rings. The molecule has 0 aliphatic rings. The van der Waals surface area contributed by atoms with Gasteiger partial charge in [0, 0.05) is 0 Å². The summed E-state index contributed by atoms with van der Waals surface area (Å²) >= 11 is 0. The van der Waals surface area contributed by atoms with Crippen LogP contribution in [0.1, 0.15) is 29.9 Å². The highest BCUT2D eigenvalue weighted by molar-refractivity contribution is 5.88. The molecule has 0 amide bonds. The molecule has 19 heavy (non-hydrogen) atoms. The van der Waals surface area contributed by atoms with Gasteiger partial charge >= 0.3 is 5.97 Å². The van der Waals surface area contributed by atoms with Crippen LogP contribution in [0.2, 0.25) is 0 Å². The molecule has 5 heteroatoms. The van der Waals surface area contributed by atoms with Crippen LogP contribution in [0.25, 0.3) is 5.69 Å². The Morgan fingerprint density at radius 2 is 1.95 bits per heavy atom. The Bertz CT molecular complexity index is 585. The predicted octanol–water partition coefficient (Wildman–Crippen LogP) is 2.67. The van der Waals surface area contributed by atoms with Crippen LogP contribution in [-0.2, 0) is 0 Å². The van der Waals surface area contributed by atoms with Gasteiger partial charge in [-0.2, -0.15) is 5.10 Å². The van der Waals surface area contributed by atoms with Crippen molar-refractivity contribution >= 4 is 5.97 Å². The molecule has 1 aromatic carbocycles. The molecule has 0 saturated heterocycles. The molecular formula is C14H16N2O3. The number of rotatable bonds is 4. The fraction of sp³-hybridized carbons (Fsp3) is 0.286. The van der Waals surface area contributed by atoms with E-state index >= 15 is 0 Å². The SMILES string of the molecule is Cc1c(C(=O)O)cnn1-c1ccc(OC(C)C)cc1. The summed E-state index contributed by atoms with van der Waals surface area (Å²) in [6.07, 6.45) is 1.48. The number of ether oxygens (including phenoxy) is 1. The Hall–Kier alpha value is -2.30. The molecule has 0 spiro atoms. The van der Waals surface area contributed by atoms with Crippen molar-refractivity contribution < 1.29 is 14.6 Å². The minimum absolute atomic E-state index is 0.121. The molecule has 0 atom stereocenters. The van der Waals surface area contributed by atoms with Crippen LogP contribution in [0.4, 0.5) is 0 Å². The molecule has 1 aromatic heterocycles. The maximum absolute atomic E-state index is 11.0. The number of aromatic carboxylic acids is 1. The smallest absolute Gasteiger partial charge is 0.339 e. The lowest BCUT2D eigenvalue weighted by Gasteiger charge is -2.10. The molecule has 0 aliphatic carbocycles. The highest BCUT2D eigenvalue weighted by atomic mass is 16.5. The number of carboxylic acid groups (broad SMARTS) is 1. The Balaban J connectivity index is 2.30. The Morgan fingerprint density at radius 1 is 1.32 bits per heavy atom. The van der Waals surface area contributed by atoms with Crippen LogP contribution in [0, 0.1) is 6.92 Å². The van der Waals surface area contributed by atoms with E-state index in [1.54, 1.807) is 11.6 Å². The maximum Gasteiger partial charge on any atom is 0.339 e. The highest BCUT2D eigenvalue weighted by Gasteiger charge is 2.13. The number of nitrogens with zero attached hydrogens (tertiary/aromatic N) is 2. The van der Waals surface area contributed by atoms with Crippen molar-refractivity contribution in [3.05, 3.63) is 41.7 Å². The zero-order valence-electron chi connectivity index (χ0n) is 11.1. The largest absolute Gasteiger partial charge is 0.491 e. The normalized spacial score (nSPS) is 10.7. The third kappa shape index (κ3) is 2.76. The third-order valence-electron chi connectivity index (χ3n) is 2.69. The fourth-order valence-corrected chi connectivity index (χ4v) is 1.82. The standard InChI is InChI=1S/C14H16N2O3/c1-9(2)19-12-6-4-11(5-7-12)16-10(3)13(8-15-16)14(17)18/h4-9H,1-3H3,(H,17,18). The van der Waals surface area contributed by atoms with Crippen molar-refractivity contribution in [2.24, 2.45) is 0 Å². The minimum atomic E-state index is -0.969. The Morgan fingerprint density at radius 3 is 2.42 bits per heavy atom. The van der Waals surface area contributed by atoms with Gasteiger partial charge in [-0.05, 0) is 45.0 Å². The highest BCUT2D eigenvalue weighted by Crippen LogP contribution is 2.18. The molecule has 5 nitrogen and oxygen atoms in total. The molecule has 1 heterocycles. The van der Waals surface area contributed by atoms with Crippen molar-refractivity contribution in [3.63, 3.8) is 0 Å². The average molecular weight is 260 g/mol. The van der Waals surface area contributed by atoms with Crippen LogP contribution in [0.5, 0.6) is 5.75 Å². The molecule has 0 radical (unpaired) electrons. The van der Waals surface area contributed by atoms with Crippen LogP contribution in [0.3, 0.4) is 0 Å². The van der Waals surface area contributed by atoms with Gasteiger partial charge in [-0.25, -0.2) is 9.48 Å². The van der Waals surface area contributed by atoms with Gasteiger partial charge in [-0.3, -0.25) is 0 Å². The van der Waals surface area contributed by atoms with Crippen molar-refractivity contribution in [1.82, 2.24) is 9.78 Å². The second-order valence-electron chi connectivity index (χ2n) is 4.52. The quantitative estimate of drug-likeness (QED) is 0.917. The second kappa shape index (κ2) is 5.14. The van der Waals surface area contributed by atoms with E-state index in [-0.39, 0.29) is 11.7 Å². The summed E-state index contributed by atoms with van der Waals surface area (Å²) in [6, 6.07) is 7.39. The minimum Gasteiger partial charge on any atom is -0.491 e. The number of carbonyl (C=O) groups is 1. The lowest BCUT2D eigenvalue weighted by molar-refractivity contribution is 0.0696. The fourth-order valence-electron chi connectivity index (χ4n) is 1.82. The van der Waals surface area contributed by atoms with Crippen LogP contribution in [-0.4, -0.2) is 27.0 Å². The zero-order chi connectivity index (χ0) is 14.0.